The molecule has 2 rings (SSSR count). The van der Waals surface area contributed by atoms with E-state index in [1.807, 2.05) is 19.2 Å². The number of benzene rings is 1. The highest BCUT2D eigenvalue weighted by atomic mass is 32.2. The van der Waals surface area contributed by atoms with Gasteiger partial charge < -0.3 is 20.1 Å². The molecule has 0 bridgehead atoms. The van der Waals surface area contributed by atoms with Crippen LogP contribution in [-0.2, 0) is 6.54 Å². The molecule has 0 radical (unpaired) electrons. The van der Waals surface area contributed by atoms with Crippen LogP contribution in [0.15, 0.2) is 29.3 Å². The molecule has 128 valence electrons. The molecule has 5 nitrogen and oxygen atoms in total. The number of rotatable bonds is 6. The summed E-state index contributed by atoms with van der Waals surface area (Å²) in [7, 11) is 3.68. The minimum atomic E-state index is -0.647. The van der Waals surface area contributed by atoms with Gasteiger partial charge in [0.25, 0.3) is 0 Å². The molecule has 1 aliphatic heterocycles. The quantitative estimate of drug-likeness (QED) is 0.614. The van der Waals surface area contributed by atoms with Gasteiger partial charge in [0, 0.05) is 25.9 Å². The van der Waals surface area contributed by atoms with Gasteiger partial charge in [-0.1, -0.05) is 12.1 Å². The molecule has 1 fully saturated rings. The maximum atomic E-state index is 10.4. The van der Waals surface area contributed by atoms with E-state index in [0.717, 1.165) is 42.7 Å². The molecule has 1 heterocycles. The molecule has 23 heavy (non-hydrogen) atoms. The van der Waals surface area contributed by atoms with E-state index in [0.29, 0.717) is 6.54 Å². The number of nitrogens with zero attached hydrogens (tertiary/aromatic N) is 2. The van der Waals surface area contributed by atoms with E-state index in [4.69, 9.17) is 4.74 Å². The van der Waals surface area contributed by atoms with Gasteiger partial charge in [0.05, 0.1) is 19.3 Å². The molecule has 0 saturated carbocycles. The summed E-state index contributed by atoms with van der Waals surface area (Å²) in [6, 6.07) is 8.04. The lowest BCUT2D eigenvalue weighted by Gasteiger charge is -2.24. The molecule has 1 atom stereocenters. The van der Waals surface area contributed by atoms with Crippen LogP contribution >= 0.6 is 11.8 Å². The Morgan fingerprint density at radius 3 is 2.74 bits per heavy atom. The highest BCUT2D eigenvalue weighted by Gasteiger charge is 2.31. The third kappa shape index (κ3) is 5.32. The predicted molar refractivity (Wildman–Crippen MR) is 97.3 cm³/mol. The predicted octanol–water partition coefficient (Wildman–Crippen LogP) is 1.96. The summed E-state index contributed by atoms with van der Waals surface area (Å²) in [4.78, 5) is 6.72. The first-order valence-electron chi connectivity index (χ1n) is 7.99. The van der Waals surface area contributed by atoms with Crippen molar-refractivity contribution in [3.63, 3.8) is 0 Å². The standard InChI is InChI=1S/C17H27N3O2S/c1-4-18-16(19-12-17(21)9-10-23-13-17)20(2)11-14-5-7-15(22-3)8-6-14/h5-8,21H,4,9-13H2,1-3H3,(H,18,19). The molecule has 0 aliphatic carbocycles. The number of methoxy groups -OCH3 is 1. The fraction of sp³-hybridized carbons (Fsp3) is 0.588. The Bertz CT molecular complexity index is 513. The van der Waals surface area contributed by atoms with Crippen molar-refractivity contribution in [2.75, 3.05) is 38.8 Å². The third-order valence-corrected chi connectivity index (χ3v) is 5.12. The normalized spacial score (nSPS) is 21.3. The van der Waals surface area contributed by atoms with E-state index in [2.05, 4.69) is 34.3 Å². The van der Waals surface area contributed by atoms with Crippen LogP contribution in [0.3, 0.4) is 0 Å². The van der Waals surface area contributed by atoms with Gasteiger partial charge in [-0.3, -0.25) is 4.99 Å². The maximum Gasteiger partial charge on any atom is 0.194 e. The van der Waals surface area contributed by atoms with Crippen LogP contribution in [0.4, 0.5) is 0 Å². The first-order valence-corrected chi connectivity index (χ1v) is 9.14. The molecular weight excluding hydrogens is 310 g/mol. The van der Waals surface area contributed by atoms with Crippen molar-refractivity contribution in [3.8, 4) is 5.75 Å². The van der Waals surface area contributed by atoms with Gasteiger partial charge in [0.15, 0.2) is 5.96 Å². The SMILES string of the molecule is CCNC(=NCC1(O)CCSC1)N(C)Cc1ccc(OC)cc1. The maximum absolute atomic E-state index is 10.4. The van der Waals surface area contributed by atoms with Gasteiger partial charge in [-0.15, -0.1) is 0 Å². The van der Waals surface area contributed by atoms with Crippen molar-refractivity contribution >= 4 is 17.7 Å². The van der Waals surface area contributed by atoms with Crippen LogP contribution in [0.1, 0.15) is 18.9 Å². The smallest absolute Gasteiger partial charge is 0.194 e. The number of ether oxygens (including phenoxy) is 1. The topological polar surface area (TPSA) is 57.1 Å². The van der Waals surface area contributed by atoms with Crippen molar-refractivity contribution in [1.82, 2.24) is 10.2 Å². The van der Waals surface area contributed by atoms with E-state index < -0.39 is 5.60 Å². The Morgan fingerprint density at radius 2 is 2.17 bits per heavy atom. The summed E-state index contributed by atoms with van der Waals surface area (Å²) in [6.07, 6.45) is 0.822. The summed E-state index contributed by atoms with van der Waals surface area (Å²) in [5, 5.41) is 13.7. The zero-order valence-electron chi connectivity index (χ0n) is 14.2. The first kappa shape index (κ1) is 17.9. The van der Waals surface area contributed by atoms with Crippen molar-refractivity contribution in [3.05, 3.63) is 29.8 Å². The summed E-state index contributed by atoms with van der Waals surface area (Å²) in [5.74, 6) is 3.48. The van der Waals surface area contributed by atoms with Crippen molar-refractivity contribution in [2.45, 2.75) is 25.5 Å². The van der Waals surface area contributed by atoms with E-state index in [1.54, 1.807) is 18.9 Å². The molecule has 1 aromatic carbocycles. The number of hydrogen-bond acceptors (Lipinski definition) is 4. The summed E-state index contributed by atoms with van der Waals surface area (Å²) >= 11 is 1.80. The van der Waals surface area contributed by atoms with Crippen LogP contribution < -0.4 is 10.1 Å². The second kappa shape index (κ2) is 8.45. The largest absolute Gasteiger partial charge is 0.497 e. The highest BCUT2D eigenvalue weighted by Crippen LogP contribution is 2.27. The van der Waals surface area contributed by atoms with Gasteiger partial charge >= 0.3 is 0 Å². The van der Waals surface area contributed by atoms with Crippen molar-refractivity contribution in [1.29, 1.82) is 0 Å². The fourth-order valence-corrected chi connectivity index (χ4v) is 3.78. The van der Waals surface area contributed by atoms with E-state index in [-0.39, 0.29) is 0 Å². The first-order chi connectivity index (χ1) is 11.1. The monoisotopic (exact) mass is 337 g/mol. The van der Waals surface area contributed by atoms with Crippen molar-refractivity contribution in [2.24, 2.45) is 4.99 Å². The molecule has 6 heteroatoms. The Balaban J connectivity index is 2.00. The summed E-state index contributed by atoms with van der Waals surface area (Å²) in [5.41, 5.74) is 0.542. The van der Waals surface area contributed by atoms with E-state index in [9.17, 15) is 5.11 Å². The highest BCUT2D eigenvalue weighted by molar-refractivity contribution is 7.99. The fourth-order valence-electron chi connectivity index (χ4n) is 2.49. The molecule has 0 aromatic heterocycles. The molecule has 1 aliphatic rings. The zero-order chi connectivity index (χ0) is 16.7. The Labute approximate surface area is 143 Å². The van der Waals surface area contributed by atoms with Gasteiger partial charge in [-0.25, -0.2) is 0 Å². The van der Waals surface area contributed by atoms with Crippen LogP contribution in [-0.4, -0.2) is 60.3 Å². The van der Waals surface area contributed by atoms with Gasteiger partial charge in [0.2, 0.25) is 0 Å². The van der Waals surface area contributed by atoms with Crippen molar-refractivity contribution < 1.29 is 9.84 Å². The van der Waals surface area contributed by atoms with Gasteiger partial charge in [-0.2, -0.15) is 11.8 Å². The van der Waals surface area contributed by atoms with Crippen LogP contribution in [0.25, 0.3) is 0 Å². The molecule has 1 saturated heterocycles. The minimum absolute atomic E-state index is 0.454. The molecule has 0 amide bonds. The van der Waals surface area contributed by atoms with Crippen LogP contribution in [0, 0.1) is 0 Å². The zero-order valence-corrected chi connectivity index (χ0v) is 15.0. The molecule has 0 spiro atoms. The second-order valence-electron chi connectivity index (χ2n) is 5.90. The summed E-state index contributed by atoms with van der Waals surface area (Å²) < 4.78 is 5.19. The second-order valence-corrected chi connectivity index (χ2v) is 7.01. The average molecular weight is 337 g/mol. The Hall–Kier alpha value is -1.40. The van der Waals surface area contributed by atoms with Crippen LogP contribution in [0.2, 0.25) is 0 Å². The number of aliphatic hydroxyl groups is 1. The van der Waals surface area contributed by atoms with Crippen LogP contribution in [0.5, 0.6) is 5.75 Å². The lowest BCUT2D eigenvalue weighted by atomic mass is 10.0. The molecule has 1 aromatic rings. The number of nitrogens with one attached hydrogen (secondary N) is 1. The lowest BCUT2D eigenvalue weighted by Crippen LogP contribution is -2.41. The van der Waals surface area contributed by atoms with Gasteiger partial charge in [-0.05, 0) is 36.8 Å². The van der Waals surface area contributed by atoms with E-state index >= 15 is 0 Å². The third-order valence-electron chi connectivity index (χ3n) is 3.88. The Kier molecular flexibility index (Phi) is 6.59. The molecular formula is C17H27N3O2S. The average Bonchev–Trinajstić information content (AvgIpc) is 2.99. The number of thioether (sulfide) groups is 1. The van der Waals surface area contributed by atoms with Gasteiger partial charge in [0.1, 0.15) is 5.75 Å². The Morgan fingerprint density at radius 1 is 1.43 bits per heavy atom. The minimum Gasteiger partial charge on any atom is -0.497 e. The summed E-state index contributed by atoms with van der Waals surface area (Å²) in [6.45, 7) is 4.06. The number of guanidine groups is 1. The molecule has 1 unspecified atom stereocenters. The number of hydrogen-bond donors (Lipinski definition) is 2. The molecule has 2 N–H and O–H groups in total. The number of aliphatic imine (C=N–C) groups is 1. The lowest BCUT2D eigenvalue weighted by molar-refractivity contribution is 0.0776. The van der Waals surface area contributed by atoms with E-state index in [1.165, 1.54) is 5.56 Å².